The summed E-state index contributed by atoms with van der Waals surface area (Å²) in [5.74, 6) is -0.750. The summed E-state index contributed by atoms with van der Waals surface area (Å²) < 4.78 is 24.6. The third-order valence-corrected chi connectivity index (χ3v) is 6.29. The molecule has 1 rings (SSSR count). The molecule has 1 aromatic carbocycles. The van der Waals surface area contributed by atoms with Crippen molar-refractivity contribution in [2.45, 2.75) is 72.5 Å². The van der Waals surface area contributed by atoms with Crippen molar-refractivity contribution in [3.63, 3.8) is 0 Å². The van der Waals surface area contributed by atoms with Crippen LogP contribution in [0, 0.1) is 0 Å². The van der Waals surface area contributed by atoms with E-state index in [0.29, 0.717) is 12.7 Å². The summed E-state index contributed by atoms with van der Waals surface area (Å²) in [6, 6.07) is 10.8. The molecule has 0 radical (unpaired) electrons. The van der Waals surface area contributed by atoms with E-state index in [2.05, 4.69) is 12.1 Å². The van der Waals surface area contributed by atoms with Crippen molar-refractivity contribution in [1.29, 1.82) is 0 Å². The second-order valence-electron chi connectivity index (χ2n) is 6.61. The number of ether oxygens (including phenoxy) is 1. The molecule has 1 aromatic rings. The lowest BCUT2D eigenvalue weighted by Crippen LogP contribution is -2.56. The van der Waals surface area contributed by atoms with Crippen LogP contribution in [-0.4, -0.2) is 33.4 Å². The minimum atomic E-state index is -2.96. The number of benzene rings is 1. The van der Waals surface area contributed by atoms with E-state index in [4.69, 9.17) is 18.0 Å². The molecule has 0 aromatic heterocycles. The van der Waals surface area contributed by atoms with Crippen molar-refractivity contribution in [3.8, 4) is 0 Å². The minimum Gasteiger partial charge on any atom is -0.371 e. The summed E-state index contributed by atoms with van der Waals surface area (Å²) in [5.41, 5.74) is 1.15. The Labute approximate surface area is 142 Å². The van der Waals surface area contributed by atoms with Crippen LogP contribution >= 0.6 is 0 Å². The van der Waals surface area contributed by atoms with Crippen LogP contribution in [0.3, 0.4) is 0 Å². The summed E-state index contributed by atoms with van der Waals surface area (Å²) in [4.78, 5) is 0. The zero-order chi connectivity index (χ0) is 17.5. The zero-order valence-corrected chi connectivity index (χ0v) is 16.6. The van der Waals surface area contributed by atoms with Crippen LogP contribution in [0.25, 0.3) is 0 Å². The van der Waals surface area contributed by atoms with Gasteiger partial charge in [-0.3, -0.25) is 0 Å². The maximum Gasteiger partial charge on any atom is 0.508 e. The fourth-order valence-corrected chi connectivity index (χ4v) is 5.88. The first-order valence-corrected chi connectivity index (χ1v) is 10.3. The molecule has 0 bridgehead atoms. The van der Waals surface area contributed by atoms with Crippen LogP contribution in [0.2, 0.25) is 0 Å². The molecule has 0 aliphatic heterocycles. The van der Waals surface area contributed by atoms with Crippen molar-refractivity contribution < 1.29 is 18.0 Å². The molecular formula is C18H32O4Si. The zero-order valence-electron chi connectivity index (χ0n) is 15.6. The van der Waals surface area contributed by atoms with Gasteiger partial charge in [0.1, 0.15) is 0 Å². The van der Waals surface area contributed by atoms with Gasteiger partial charge in [0.05, 0.1) is 0 Å². The Balaban J connectivity index is 3.12. The van der Waals surface area contributed by atoms with E-state index in [9.17, 15) is 0 Å². The lowest BCUT2D eigenvalue weighted by atomic mass is 10.2. The maximum atomic E-state index is 6.36. The monoisotopic (exact) mass is 340 g/mol. The largest absolute Gasteiger partial charge is 0.508 e. The molecule has 0 unspecified atom stereocenters. The first-order chi connectivity index (χ1) is 10.7. The molecule has 132 valence electrons. The predicted molar refractivity (Wildman–Crippen MR) is 95.1 cm³/mol. The normalized spacial score (nSPS) is 13.1. The Morgan fingerprint density at radius 1 is 0.957 bits per heavy atom. The average Bonchev–Trinajstić information content (AvgIpc) is 2.36. The van der Waals surface area contributed by atoms with Crippen LogP contribution in [0.4, 0.5) is 0 Å². The molecule has 23 heavy (non-hydrogen) atoms. The third-order valence-electron chi connectivity index (χ3n) is 2.99. The van der Waals surface area contributed by atoms with Gasteiger partial charge in [0.2, 0.25) is 0 Å². The lowest BCUT2D eigenvalue weighted by Gasteiger charge is -2.39. The van der Waals surface area contributed by atoms with Crippen molar-refractivity contribution in [3.05, 3.63) is 35.9 Å². The van der Waals surface area contributed by atoms with Gasteiger partial charge in [-0.25, -0.2) is 0 Å². The van der Waals surface area contributed by atoms with Crippen LogP contribution in [0.1, 0.15) is 54.0 Å². The Morgan fingerprint density at radius 2 is 1.48 bits per heavy atom. The van der Waals surface area contributed by atoms with Crippen LogP contribution in [0.5, 0.6) is 0 Å². The van der Waals surface area contributed by atoms with E-state index < -0.39 is 14.6 Å². The Kier molecular flexibility index (Phi) is 7.90. The van der Waals surface area contributed by atoms with Gasteiger partial charge in [-0.1, -0.05) is 30.3 Å². The number of hydrogen-bond acceptors (Lipinski definition) is 4. The highest BCUT2D eigenvalue weighted by atomic mass is 28.4. The SMILES string of the molecule is CCOC(C)(C)O[Si](Cc1ccccc1)(OC(C)C)OC(C)C. The second kappa shape index (κ2) is 8.94. The molecular weight excluding hydrogens is 308 g/mol. The fourth-order valence-electron chi connectivity index (χ4n) is 2.51. The molecule has 0 fully saturated rings. The van der Waals surface area contributed by atoms with Crippen molar-refractivity contribution >= 4 is 8.80 Å². The standard InChI is InChI=1S/C18H32O4Si/c1-8-19-18(6,7)22-23(20-15(2)3,21-16(4)5)14-17-12-10-9-11-13-17/h9-13,15-16H,8,14H2,1-7H3. The first-order valence-electron chi connectivity index (χ1n) is 8.41. The molecule has 0 saturated heterocycles. The molecule has 0 N–H and O–H groups in total. The quantitative estimate of drug-likeness (QED) is 0.469. The van der Waals surface area contributed by atoms with Gasteiger partial charge < -0.3 is 18.0 Å². The first kappa shape index (κ1) is 20.3. The van der Waals surface area contributed by atoms with Gasteiger partial charge in [-0.05, 0) is 54.0 Å². The molecule has 0 aliphatic carbocycles. The van der Waals surface area contributed by atoms with E-state index in [1.165, 1.54) is 0 Å². The minimum absolute atomic E-state index is 0.0153. The van der Waals surface area contributed by atoms with E-state index in [1.807, 2.05) is 66.7 Å². The maximum absolute atomic E-state index is 6.36. The second-order valence-corrected chi connectivity index (χ2v) is 9.01. The van der Waals surface area contributed by atoms with Crippen LogP contribution in [0.15, 0.2) is 30.3 Å². The van der Waals surface area contributed by atoms with E-state index in [0.717, 1.165) is 5.56 Å². The topological polar surface area (TPSA) is 36.9 Å². The van der Waals surface area contributed by atoms with Gasteiger partial charge in [-0.15, -0.1) is 0 Å². The molecule has 0 heterocycles. The van der Waals surface area contributed by atoms with Gasteiger partial charge >= 0.3 is 8.80 Å². The van der Waals surface area contributed by atoms with E-state index in [1.54, 1.807) is 0 Å². The molecule has 0 amide bonds. The fraction of sp³-hybridized carbons (Fsp3) is 0.667. The summed E-state index contributed by atoms with van der Waals surface area (Å²) >= 11 is 0. The van der Waals surface area contributed by atoms with E-state index >= 15 is 0 Å². The predicted octanol–water partition coefficient (Wildman–Crippen LogP) is 4.35. The third kappa shape index (κ3) is 7.59. The highest BCUT2D eigenvalue weighted by molar-refractivity contribution is 6.60. The Hall–Kier alpha value is -0.723. The average molecular weight is 341 g/mol. The summed E-state index contributed by atoms with van der Waals surface area (Å²) in [6.07, 6.45) is 0.0307. The molecule has 0 spiro atoms. The van der Waals surface area contributed by atoms with Crippen LogP contribution < -0.4 is 0 Å². The van der Waals surface area contributed by atoms with Gasteiger partial charge in [0.15, 0.2) is 5.79 Å². The molecule has 0 atom stereocenters. The summed E-state index contributed by atoms with van der Waals surface area (Å²) in [7, 11) is -2.96. The Morgan fingerprint density at radius 3 is 1.91 bits per heavy atom. The number of hydrogen-bond donors (Lipinski definition) is 0. The van der Waals surface area contributed by atoms with Crippen molar-refractivity contribution in [2.75, 3.05) is 6.61 Å². The molecule has 0 aliphatic rings. The summed E-state index contributed by atoms with van der Waals surface area (Å²) in [6.45, 7) is 14.4. The van der Waals surface area contributed by atoms with Crippen molar-refractivity contribution in [2.24, 2.45) is 0 Å². The summed E-state index contributed by atoms with van der Waals surface area (Å²) in [5, 5.41) is 0. The van der Waals surface area contributed by atoms with Gasteiger partial charge in [0.25, 0.3) is 0 Å². The lowest BCUT2D eigenvalue weighted by molar-refractivity contribution is -0.189. The van der Waals surface area contributed by atoms with Crippen LogP contribution in [-0.2, 0) is 24.1 Å². The van der Waals surface area contributed by atoms with Gasteiger partial charge in [0, 0.05) is 24.9 Å². The smallest absolute Gasteiger partial charge is 0.371 e. The molecule has 0 saturated carbocycles. The van der Waals surface area contributed by atoms with Crippen molar-refractivity contribution in [1.82, 2.24) is 0 Å². The highest BCUT2D eigenvalue weighted by Crippen LogP contribution is 2.27. The van der Waals surface area contributed by atoms with Gasteiger partial charge in [-0.2, -0.15) is 0 Å². The number of rotatable bonds is 10. The molecule has 5 heteroatoms. The molecule has 4 nitrogen and oxygen atoms in total. The highest BCUT2D eigenvalue weighted by Gasteiger charge is 2.48. The van der Waals surface area contributed by atoms with E-state index in [-0.39, 0.29) is 12.2 Å². The Bertz CT molecular complexity index is 436.